The lowest BCUT2D eigenvalue weighted by atomic mass is 10.1. The summed E-state index contributed by atoms with van der Waals surface area (Å²) in [5, 5.41) is 11.2. The Labute approximate surface area is 131 Å². The molecule has 0 aliphatic rings. The molecule has 1 atom stereocenters. The molecule has 7 nitrogen and oxygen atoms in total. The number of rotatable bonds is 9. The van der Waals surface area contributed by atoms with E-state index < -0.39 is 29.6 Å². The number of nitrogens with one attached hydrogen (secondary N) is 1. The van der Waals surface area contributed by atoms with Crippen molar-refractivity contribution < 1.29 is 28.7 Å². The van der Waals surface area contributed by atoms with Crippen LogP contribution < -0.4 is 11.1 Å². The number of Topliss-reactive ketones (excluding diaryl/α,β-unsaturated/α-hetero) is 1. The van der Waals surface area contributed by atoms with Crippen LogP contribution in [0.5, 0.6) is 0 Å². The molecule has 0 fully saturated rings. The first-order valence-corrected chi connectivity index (χ1v) is 6.89. The van der Waals surface area contributed by atoms with Crippen LogP contribution in [-0.4, -0.2) is 34.7 Å². The quantitative estimate of drug-likeness (QED) is 0.574. The Morgan fingerprint density at radius 2 is 1.70 bits per heavy atom. The number of benzene rings is 1. The van der Waals surface area contributed by atoms with E-state index in [-0.39, 0.29) is 37.0 Å². The van der Waals surface area contributed by atoms with E-state index in [1.54, 1.807) is 0 Å². The summed E-state index contributed by atoms with van der Waals surface area (Å²) in [7, 11) is 0. The molecule has 0 aliphatic carbocycles. The van der Waals surface area contributed by atoms with Gasteiger partial charge in [0, 0.05) is 24.8 Å². The lowest BCUT2D eigenvalue weighted by Gasteiger charge is -2.13. The van der Waals surface area contributed by atoms with Crippen LogP contribution in [0.1, 0.15) is 36.0 Å². The smallest absolute Gasteiger partial charge is 0.326 e. The Morgan fingerprint density at radius 3 is 2.22 bits per heavy atom. The van der Waals surface area contributed by atoms with Crippen LogP contribution in [0.2, 0.25) is 0 Å². The van der Waals surface area contributed by atoms with Crippen molar-refractivity contribution in [1.29, 1.82) is 0 Å². The summed E-state index contributed by atoms with van der Waals surface area (Å²) in [6, 6.07) is 3.65. The number of hydrogen-bond acceptors (Lipinski definition) is 4. The third-order valence-corrected chi connectivity index (χ3v) is 3.06. The van der Waals surface area contributed by atoms with Gasteiger partial charge in [-0.1, -0.05) is 0 Å². The van der Waals surface area contributed by atoms with Gasteiger partial charge >= 0.3 is 5.97 Å². The van der Waals surface area contributed by atoms with Gasteiger partial charge in [0.1, 0.15) is 11.9 Å². The van der Waals surface area contributed by atoms with Gasteiger partial charge in [0.15, 0.2) is 5.78 Å². The van der Waals surface area contributed by atoms with Crippen LogP contribution >= 0.6 is 0 Å². The summed E-state index contributed by atoms with van der Waals surface area (Å²) in [4.78, 5) is 45.1. The summed E-state index contributed by atoms with van der Waals surface area (Å²) in [6.07, 6.45) is -0.649. The molecule has 0 saturated heterocycles. The van der Waals surface area contributed by atoms with Gasteiger partial charge in [-0.3, -0.25) is 14.4 Å². The highest BCUT2D eigenvalue weighted by Gasteiger charge is 2.20. The van der Waals surface area contributed by atoms with Crippen LogP contribution in [0, 0.1) is 5.82 Å². The maximum atomic E-state index is 12.7. The van der Waals surface area contributed by atoms with Gasteiger partial charge in [-0.25, -0.2) is 9.18 Å². The number of aliphatic carboxylic acids is 1. The fourth-order valence-electron chi connectivity index (χ4n) is 1.82. The van der Waals surface area contributed by atoms with Gasteiger partial charge < -0.3 is 16.2 Å². The van der Waals surface area contributed by atoms with E-state index in [1.807, 2.05) is 0 Å². The number of halogens is 1. The molecule has 2 amide bonds. The summed E-state index contributed by atoms with van der Waals surface area (Å²) in [6.45, 7) is 0. The van der Waals surface area contributed by atoms with Crippen molar-refractivity contribution in [3.05, 3.63) is 35.6 Å². The Bertz CT molecular complexity index is 600. The SMILES string of the molecule is NC(=O)CCC(NC(=O)CCC(=O)c1ccc(F)cc1)C(=O)O. The van der Waals surface area contributed by atoms with Crippen molar-refractivity contribution in [3.8, 4) is 0 Å². The van der Waals surface area contributed by atoms with Crippen LogP contribution in [0.3, 0.4) is 0 Å². The zero-order valence-electron chi connectivity index (χ0n) is 12.3. The minimum atomic E-state index is -1.29. The van der Waals surface area contributed by atoms with Crippen molar-refractivity contribution in [2.24, 2.45) is 5.73 Å². The van der Waals surface area contributed by atoms with E-state index >= 15 is 0 Å². The standard InChI is InChI=1S/C15H17FN2O5/c16-10-3-1-9(2-4-10)12(19)6-8-14(21)18-11(15(22)23)5-7-13(17)20/h1-4,11H,5-8H2,(H2,17,20)(H,18,21)(H,22,23). The molecule has 1 aromatic carbocycles. The van der Waals surface area contributed by atoms with E-state index in [4.69, 9.17) is 10.8 Å². The Hall–Kier alpha value is -2.77. The summed E-state index contributed by atoms with van der Waals surface area (Å²) in [5.41, 5.74) is 5.20. The topological polar surface area (TPSA) is 127 Å². The Balaban J connectivity index is 2.48. The maximum Gasteiger partial charge on any atom is 0.326 e. The molecule has 1 unspecified atom stereocenters. The first kappa shape index (κ1) is 18.3. The fourth-order valence-corrected chi connectivity index (χ4v) is 1.82. The van der Waals surface area contributed by atoms with Gasteiger partial charge in [0.05, 0.1) is 0 Å². The van der Waals surface area contributed by atoms with Crippen molar-refractivity contribution in [2.75, 3.05) is 0 Å². The minimum Gasteiger partial charge on any atom is -0.480 e. The Kier molecular flexibility index (Phi) is 6.85. The zero-order chi connectivity index (χ0) is 17.4. The van der Waals surface area contributed by atoms with Crippen LogP contribution in [0.25, 0.3) is 0 Å². The van der Waals surface area contributed by atoms with E-state index in [9.17, 15) is 23.6 Å². The molecule has 1 rings (SSSR count). The molecule has 8 heteroatoms. The molecule has 4 N–H and O–H groups in total. The molecule has 124 valence electrons. The van der Waals surface area contributed by atoms with Crippen LogP contribution in [0.15, 0.2) is 24.3 Å². The lowest BCUT2D eigenvalue weighted by Crippen LogP contribution is -2.41. The van der Waals surface area contributed by atoms with Gasteiger partial charge in [-0.15, -0.1) is 0 Å². The second-order valence-corrected chi connectivity index (χ2v) is 4.89. The number of nitrogens with two attached hydrogens (primary N) is 1. The number of carboxylic acids is 1. The predicted octanol–water partition coefficient (Wildman–Crippen LogP) is 0.623. The molecule has 1 aromatic rings. The molecule has 0 saturated carbocycles. The van der Waals surface area contributed by atoms with E-state index in [0.717, 1.165) is 12.1 Å². The van der Waals surface area contributed by atoms with Gasteiger partial charge in [0.25, 0.3) is 0 Å². The molecule has 0 heterocycles. The second-order valence-electron chi connectivity index (χ2n) is 4.89. The summed E-state index contributed by atoms with van der Waals surface area (Å²) < 4.78 is 12.7. The monoisotopic (exact) mass is 324 g/mol. The van der Waals surface area contributed by atoms with Crippen molar-refractivity contribution in [2.45, 2.75) is 31.7 Å². The number of ketones is 1. The average molecular weight is 324 g/mol. The van der Waals surface area contributed by atoms with E-state index in [1.165, 1.54) is 12.1 Å². The van der Waals surface area contributed by atoms with Gasteiger partial charge in [-0.2, -0.15) is 0 Å². The summed E-state index contributed by atoms with van der Waals surface area (Å²) >= 11 is 0. The fraction of sp³-hybridized carbons (Fsp3) is 0.333. The maximum absolute atomic E-state index is 12.7. The van der Waals surface area contributed by atoms with E-state index in [2.05, 4.69) is 5.32 Å². The minimum absolute atomic E-state index is 0.123. The Morgan fingerprint density at radius 1 is 1.09 bits per heavy atom. The van der Waals surface area contributed by atoms with Crippen LogP contribution in [0.4, 0.5) is 4.39 Å². The third-order valence-electron chi connectivity index (χ3n) is 3.06. The van der Waals surface area contributed by atoms with E-state index in [0.29, 0.717) is 0 Å². The first-order valence-electron chi connectivity index (χ1n) is 6.89. The number of carbonyl (C=O) groups excluding carboxylic acids is 3. The molecule has 0 bridgehead atoms. The number of hydrogen-bond donors (Lipinski definition) is 3. The first-order chi connectivity index (χ1) is 10.8. The predicted molar refractivity (Wildman–Crippen MR) is 78.0 cm³/mol. The molecule has 23 heavy (non-hydrogen) atoms. The number of carbonyl (C=O) groups is 4. The molecule has 0 aliphatic heterocycles. The average Bonchev–Trinajstić information content (AvgIpc) is 2.49. The molecular weight excluding hydrogens is 307 g/mol. The largest absolute Gasteiger partial charge is 0.480 e. The second kappa shape index (κ2) is 8.62. The lowest BCUT2D eigenvalue weighted by molar-refractivity contribution is -0.142. The van der Waals surface area contributed by atoms with Gasteiger partial charge in [0.2, 0.25) is 11.8 Å². The highest BCUT2D eigenvalue weighted by molar-refractivity contribution is 5.98. The molecule has 0 aromatic heterocycles. The third kappa shape index (κ3) is 6.68. The highest BCUT2D eigenvalue weighted by Crippen LogP contribution is 2.08. The van der Waals surface area contributed by atoms with Crippen molar-refractivity contribution in [1.82, 2.24) is 5.32 Å². The molecular formula is C15H17FN2O5. The summed E-state index contributed by atoms with van der Waals surface area (Å²) in [5.74, 6) is -3.42. The molecule has 0 radical (unpaired) electrons. The number of carboxylic acid groups (broad SMARTS) is 1. The van der Waals surface area contributed by atoms with Gasteiger partial charge in [-0.05, 0) is 30.7 Å². The number of amides is 2. The van der Waals surface area contributed by atoms with Crippen LogP contribution in [-0.2, 0) is 14.4 Å². The highest BCUT2D eigenvalue weighted by atomic mass is 19.1. The van der Waals surface area contributed by atoms with Crippen molar-refractivity contribution in [3.63, 3.8) is 0 Å². The zero-order valence-corrected chi connectivity index (χ0v) is 12.3. The molecule has 0 spiro atoms. The van der Waals surface area contributed by atoms with Crippen molar-refractivity contribution >= 4 is 23.6 Å². The number of primary amides is 1. The normalized spacial score (nSPS) is 11.5.